The van der Waals surface area contributed by atoms with Crippen LogP contribution in [0.2, 0.25) is 0 Å². The zero-order chi connectivity index (χ0) is 23.5. The van der Waals surface area contributed by atoms with Crippen molar-refractivity contribution in [1.82, 2.24) is 0 Å². The molecule has 0 aliphatic carbocycles. The first-order chi connectivity index (χ1) is 15.2. The molecule has 166 valence electrons. The monoisotopic (exact) mass is 435 g/mol. The van der Waals surface area contributed by atoms with Crippen LogP contribution in [0.5, 0.6) is 11.5 Å². The van der Waals surface area contributed by atoms with Gasteiger partial charge in [-0.3, -0.25) is 14.4 Å². The number of hydrogen-bond acceptors (Lipinski definition) is 6. The molecule has 32 heavy (non-hydrogen) atoms. The Morgan fingerprint density at radius 3 is 2.19 bits per heavy atom. The number of benzene rings is 3. The molecule has 3 rings (SSSR count). The normalized spacial score (nSPS) is 12.5. The van der Waals surface area contributed by atoms with E-state index >= 15 is 0 Å². The molecule has 3 aromatic carbocycles. The predicted molar refractivity (Wildman–Crippen MR) is 121 cm³/mol. The molecule has 0 heterocycles. The van der Waals surface area contributed by atoms with Crippen LogP contribution in [-0.4, -0.2) is 31.9 Å². The summed E-state index contributed by atoms with van der Waals surface area (Å²) in [5, 5.41) is 3.95. The largest absolute Gasteiger partial charge is 0.497 e. The highest BCUT2D eigenvalue weighted by Gasteiger charge is 2.52. The molecule has 3 aromatic rings. The van der Waals surface area contributed by atoms with Crippen molar-refractivity contribution in [3.8, 4) is 11.5 Å². The van der Waals surface area contributed by atoms with Crippen molar-refractivity contribution in [2.75, 3.05) is 19.5 Å². The molecule has 0 aromatic heterocycles. The standard InChI is InChI=1S/C25H25NO6/c1-15-8-6-7-9-21(15)26-24(29)25(16(2)27,32-17(3)28)23-20-14-19(30-4)12-10-18(20)11-13-22(23)31-5/h6-14H,1-5H3,(H,26,29)/t25-/m0/s1. The Morgan fingerprint density at radius 2 is 1.59 bits per heavy atom. The summed E-state index contributed by atoms with van der Waals surface area (Å²) < 4.78 is 16.4. The number of rotatable bonds is 7. The van der Waals surface area contributed by atoms with E-state index in [-0.39, 0.29) is 11.3 Å². The topological polar surface area (TPSA) is 90.9 Å². The molecule has 0 aliphatic rings. The van der Waals surface area contributed by atoms with Crippen LogP contribution < -0.4 is 14.8 Å². The third-order valence-electron chi connectivity index (χ3n) is 5.27. The molecule has 7 nitrogen and oxygen atoms in total. The lowest BCUT2D eigenvalue weighted by Gasteiger charge is -2.32. The first kappa shape index (κ1) is 22.8. The number of amides is 1. The van der Waals surface area contributed by atoms with Crippen molar-refractivity contribution >= 4 is 34.1 Å². The third kappa shape index (κ3) is 4.01. The van der Waals surface area contributed by atoms with E-state index in [0.29, 0.717) is 22.2 Å². The molecule has 1 amide bonds. The summed E-state index contributed by atoms with van der Waals surface area (Å²) in [6.45, 7) is 4.18. The fraction of sp³-hybridized carbons (Fsp3) is 0.240. The fourth-order valence-electron chi connectivity index (χ4n) is 3.70. The lowest BCUT2D eigenvalue weighted by atomic mass is 9.84. The molecular weight excluding hydrogens is 410 g/mol. The van der Waals surface area contributed by atoms with Gasteiger partial charge in [0.2, 0.25) is 0 Å². The van der Waals surface area contributed by atoms with E-state index in [1.165, 1.54) is 21.1 Å². The van der Waals surface area contributed by atoms with Gasteiger partial charge in [-0.05, 0) is 54.4 Å². The van der Waals surface area contributed by atoms with Gasteiger partial charge < -0.3 is 19.5 Å². The SMILES string of the molecule is COc1ccc2ccc(OC)c([C@@](OC(C)=O)(C(C)=O)C(=O)Nc3ccccc3C)c2c1. The molecule has 0 saturated carbocycles. The Bertz CT molecular complexity index is 1200. The number of aryl methyl sites for hydroxylation is 1. The average Bonchev–Trinajstić information content (AvgIpc) is 2.77. The Kier molecular flexibility index (Phi) is 6.48. The number of ether oxygens (including phenoxy) is 3. The van der Waals surface area contributed by atoms with Gasteiger partial charge >= 0.3 is 5.97 Å². The second-order valence-corrected chi connectivity index (χ2v) is 7.33. The maximum absolute atomic E-state index is 13.7. The van der Waals surface area contributed by atoms with Gasteiger partial charge in [0, 0.05) is 12.6 Å². The first-order valence-corrected chi connectivity index (χ1v) is 9.97. The Labute approximate surface area is 186 Å². The van der Waals surface area contributed by atoms with Crippen molar-refractivity contribution in [2.45, 2.75) is 26.4 Å². The molecule has 7 heteroatoms. The van der Waals surface area contributed by atoms with Crippen molar-refractivity contribution in [3.05, 3.63) is 65.7 Å². The van der Waals surface area contributed by atoms with Gasteiger partial charge in [0.1, 0.15) is 11.5 Å². The van der Waals surface area contributed by atoms with Crippen LogP contribution in [0.1, 0.15) is 25.0 Å². The van der Waals surface area contributed by atoms with E-state index < -0.39 is 23.3 Å². The second-order valence-electron chi connectivity index (χ2n) is 7.33. The number of hydrogen-bond donors (Lipinski definition) is 1. The number of nitrogens with one attached hydrogen (secondary N) is 1. The lowest BCUT2D eigenvalue weighted by Crippen LogP contribution is -2.49. The smallest absolute Gasteiger partial charge is 0.304 e. The molecule has 0 radical (unpaired) electrons. The van der Waals surface area contributed by atoms with E-state index in [1.54, 1.807) is 42.5 Å². The van der Waals surface area contributed by atoms with E-state index in [9.17, 15) is 14.4 Å². The minimum absolute atomic E-state index is 0.130. The van der Waals surface area contributed by atoms with Gasteiger partial charge in [-0.25, -0.2) is 0 Å². The number of carbonyl (C=O) groups excluding carboxylic acids is 3. The van der Waals surface area contributed by atoms with Gasteiger partial charge in [-0.2, -0.15) is 0 Å². The molecule has 1 N–H and O–H groups in total. The minimum Gasteiger partial charge on any atom is -0.497 e. The van der Waals surface area contributed by atoms with Crippen LogP contribution in [0.25, 0.3) is 10.8 Å². The number of ketones is 1. The minimum atomic E-state index is -2.29. The number of carbonyl (C=O) groups is 3. The van der Waals surface area contributed by atoms with E-state index in [1.807, 2.05) is 19.1 Å². The molecular formula is C25H25NO6. The van der Waals surface area contributed by atoms with Crippen LogP contribution in [0.3, 0.4) is 0 Å². The summed E-state index contributed by atoms with van der Waals surface area (Å²) >= 11 is 0. The highest BCUT2D eigenvalue weighted by Crippen LogP contribution is 2.42. The summed E-state index contributed by atoms with van der Waals surface area (Å²) in [6.07, 6.45) is 0. The Balaban J connectivity index is 2.36. The lowest BCUT2D eigenvalue weighted by molar-refractivity contribution is -0.171. The van der Waals surface area contributed by atoms with Crippen LogP contribution in [0.4, 0.5) is 5.69 Å². The van der Waals surface area contributed by atoms with Gasteiger partial charge in [0.25, 0.3) is 11.5 Å². The summed E-state index contributed by atoms with van der Waals surface area (Å²) in [6, 6.07) is 15.7. The molecule has 0 fully saturated rings. The van der Waals surface area contributed by atoms with Gasteiger partial charge in [-0.15, -0.1) is 0 Å². The van der Waals surface area contributed by atoms with Crippen LogP contribution in [0, 0.1) is 6.92 Å². The molecule has 1 atom stereocenters. The highest BCUT2D eigenvalue weighted by molar-refractivity contribution is 6.18. The summed E-state index contributed by atoms with van der Waals surface area (Å²) in [7, 11) is 2.93. The predicted octanol–water partition coefficient (Wildman–Crippen LogP) is 4.15. The Hall–Kier alpha value is -3.87. The zero-order valence-electron chi connectivity index (χ0n) is 18.6. The van der Waals surface area contributed by atoms with Crippen molar-refractivity contribution in [3.63, 3.8) is 0 Å². The van der Waals surface area contributed by atoms with E-state index in [0.717, 1.165) is 12.5 Å². The van der Waals surface area contributed by atoms with Crippen molar-refractivity contribution in [2.24, 2.45) is 0 Å². The molecule has 0 aliphatic heterocycles. The maximum Gasteiger partial charge on any atom is 0.304 e. The quantitative estimate of drug-likeness (QED) is 0.443. The maximum atomic E-state index is 13.7. The van der Waals surface area contributed by atoms with Gasteiger partial charge in [-0.1, -0.05) is 30.3 Å². The van der Waals surface area contributed by atoms with E-state index in [2.05, 4.69) is 5.32 Å². The number of anilines is 1. The van der Waals surface area contributed by atoms with Crippen LogP contribution >= 0.6 is 0 Å². The Morgan fingerprint density at radius 1 is 0.906 bits per heavy atom. The van der Waals surface area contributed by atoms with E-state index in [4.69, 9.17) is 14.2 Å². The number of Topliss-reactive ketones (excluding diaryl/α,β-unsaturated/α-hetero) is 1. The van der Waals surface area contributed by atoms with Gasteiger partial charge in [0.15, 0.2) is 5.78 Å². The van der Waals surface area contributed by atoms with Crippen molar-refractivity contribution < 1.29 is 28.6 Å². The first-order valence-electron chi connectivity index (χ1n) is 9.97. The zero-order valence-corrected chi connectivity index (χ0v) is 18.6. The second kappa shape index (κ2) is 9.09. The number of esters is 1. The number of para-hydroxylation sites is 1. The molecule has 0 spiro atoms. The molecule has 0 unspecified atom stereocenters. The summed E-state index contributed by atoms with van der Waals surface area (Å²) in [4.78, 5) is 39.1. The average molecular weight is 435 g/mol. The summed E-state index contributed by atoms with van der Waals surface area (Å²) in [5.74, 6) is -1.54. The molecule has 0 saturated heterocycles. The van der Waals surface area contributed by atoms with Crippen molar-refractivity contribution in [1.29, 1.82) is 0 Å². The third-order valence-corrected chi connectivity index (χ3v) is 5.27. The fourth-order valence-corrected chi connectivity index (χ4v) is 3.70. The van der Waals surface area contributed by atoms with Crippen LogP contribution in [0.15, 0.2) is 54.6 Å². The van der Waals surface area contributed by atoms with Crippen LogP contribution in [-0.2, 0) is 24.7 Å². The highest BCUT2D eigenvalue weighted by atomic mass is 16.6. The summed E-state index contributed by atoms with van der Waals surface area (Å²) in [5.41, 5.74) is -0.879. The molecule has 0 bridgehead atoms. The number of fused-ring (bicyclic) bond motifs is 1. The van der Waals surface area contributed by atoms with Gasteiger partial charge in [0.05, 0.1) is 19.8 Å². The number of methoxy groups -OCH3 is 2.